The van der Waals surface area contributed by atoms with Gasteiger partial charge >= 0.3 is 0 Å². The molecule has 0 aliphatic rings. The van der Waals surface area contributed by atoms with Crippen molar-refractivity contribution in [2.75, 3.05) is 42.1 Å². The molecule has 32 heavy (non-hydrogen) atoms. The van der Waals surface area contributed by atoms with Gasteiger partial charge in [0.2, 0.25) is 15.9 Å². The van der Waals surface area contributed by atoms with Crippen LogP contribution in [0.4, 0.5) is 25.8 Å². The highest BCUT2D eigenvalue weighted by Gasteiger charge is 2.23. The summed E-state index contributed by atoms with van der Waals surface area (Å²) >= 11 is 0.352. The number of alkyl halides is 2. The smallest absolute Gasteiger partial charge is 0.288 e. The third-order valence-electron chi connectivity index (χ3n) is 4.52. The summed E-state index contributed by atoms with van der Waals surface area (Å²) in [6.45, 7) is 6.53. The molecule has 0 saturated heterocycles. The molecule has 1 amide bonds. The number of thioether (sulfide) groups is 1. The third kappa shape index (κ3) is 6.81. The van der Waals surface area contributed by atoms with Gasteiger partial charge in [-0.3, -0.25) is 4.79 Å². The Morgan fingerprint density at radius 2 is 1.69 bits per heavy atom. The van der Waals surface area contributed by atoms with Gasteiger partial charge in [0, 0.05) is 24.5 Å². The second-order valence-corrected chi connectivity index (χ2v) is 9.57. The van der Waals surface area contributed by atoms with Crippen molar-refractivity contribution in [1.29, 1.82) is 0 Å². The molecule has 0 heterocycles. The SMILES string of the molecule is CCNc1ccc(S(=O)(=O)N(CC)CC)cc1NCC(=O)Nc1ccccc1SC(F)F. The van der Waals surface area contributed by atoms with Crippen LogP contribution in [0.2, 0.25) is 0 Å². The average Bonchev–Trinajstić information content (AvgIpc) is 2.75. The lowest BCUT2D eigenvalue weighted by molar-refractivity contribution is -0.114. The number of carbonyl (C=O) groups is 1. The van der Waals surface area contributed by atoms with E-state index < -0.39 is 21.7 Å². The third-order valence-corrected chi connectivity index (χ3v) is 7.35. The average molecular weight is 487 g/mol. The molecule has 2 rings (SSSR count). The predicted octanol–water partition coefficient (Wildman–Crippen LogP) is 4.51. The van der Waals surface area contributed by atoms with Crippen molar-refractivity contribution in [3.8, 4) is 0 Å². The topological polar surface area (TPSA) is 90.5 Å². The molecule has 0 spiro atoms. The molecule has 2 aromatic rings. The number of nitrogens with one attached hydrogen (secondary N) is 3. The van der Waals surface area contributed by atoms with Crippen LogP contribution in [-0.2, 0) is 14.8 Å². The summed E-state index contributed by atoms with van der Waals surface area (Å²) in [5.74, 6) is -3.06. The monoisotopic (exact) mass is 486 g/mol. The number of nitrogens with zero attached hydrogens (tertiary/aromatic N) is 1. The molecule has 0 unspecified atom stereocenters. The van der Waals surface area contributed by atoms with Crippen LogP contribution in [-0.4, -0.2) is 50.6 Å². The van der Waals surface area contributed by atoms with Gasteiger partial charge in [0.1, 0.15) is 0 Å². The normalized spacial score (nSPS) is 11.6. The van der Waals surface area contributed by atoms with Crippen LogP contribution in [0.3, 0.4) is 0 Å². The number of amides is 1. The first-order valence-electron chi connectivity index (χ1n) is 10.2. The largest absolute Gasteiger partial charge is 0.384 e. The highest BCUT2D eigenvalue weighted by atomic mass is 32.2. The molecular weight excluding hydrogens is 458 g/mol. The number of benzene rings is 2. The lowest BCUT2D eigenvalue weighted by Crippen LogP contribution is -2.30. The fourth-order valence-corrected chi connectivity index (χ4v) is 5.11. The lowest BCUT2D eigenvalue weighted by Gasteiger charge is -2.20. The minimum absolute atomic E-state index is 0.115. The highest BCUT2D eigenvalue weighted by molar-refractivity contribution is 7.99. The second-order valence-electron chi connectivity index (χ2n) is 6.60. The van der Waals surface area contributed by atoms with Gasteiger partial charge in [-0.25, -0.2) is 8.42 Å². The number of carbonyl (C=O) groups excluding carboxylic acids is 1. The fraction of sp³-hybridized carbons (Fsp3) is 0.381. The zero-order valence-electron chi connectivity index (χ0n) is 18.2. The molecule has 3 N–H and O–H groups in total. The van der Waals surface area contributed by atoms with E-state index in [0.717, 1.165) is 0 Å². The summed E-state index contributed by atoms with van der Waals surface area (Å²) in [5, 5.41) is 8.70. The Balaban J connectivity index is 2.20. The molecule has 0 fully saturated rings. The van der Waals surface area contributed by atoms with Gasteiger partial charge in [0.05, 0.1) is 28.5 Å². The van der Waals surface area contributed by atoms with Gasteiger partial charge in [0.15, 0.2) is 0 Å². The quantitative estimate of drug-likeness (QED) is 0.383. The van der Waals surface area contributed by atoms with Crippen molar-refractivity contribution in [1.82, 2.24) is 4.31 Å². The Bertz CT molecular complexity index is 1020. The Hall–Kier alpha value is -2.37. The fourth-order valence-electron chi connectivity index (χ4n) is 3.03. The maximum absolute atomic E-state index is 12.9. The number of hydrogen-bond acceptors (Lipinski definition) is 6. The van der Waals surface area contributed by atoms with Crippen molar-refractivity contribution >= 4 is 44.8 Å². The molecular formula is C21H28F2N4O3S2. The first-order chi connectivity index (χ1) is 15.2. The maximum atomic E-state index is 12.9. The second kappa shape index (κ2) is 12.0. The minimum Gasteiger partial charge on any atom is -0.384 e. The standard InChI is InChI=1S/C21H28F2N4O3S2/c1-4-24-16-12-11-15(32(29,30)27(5-2)6-3)13-18(16)25-14-20(28)26-17-9-7-8-10-19(17)31-21(22)23/h7-13,21,24-25H,4-6,14H2,1-3H3,(H,26,28). The minimum atomic E-state index is -3.67. The van der Waals surface area contributed by atoms with E-state index in [-0.39, 0.29) is 22.0 Å². The van der Waals surface area contributed by atoms with Crippen molar-refractivity contribution in [2.45, 2.75) is 36.3 Å². The van der Waals surface area contributed by atoms with Gasteiger partial charge in [-0.2, -0.15) is 13.1 Å². The summed E-state index contributed by atoms with van der Waals surface area (Å²) in [5.41, 5.74) is 1.38. The molecule has 0 aliphatic heterocycles. The van der Waals surface area contributed by atoms with E-state index in [0.29, 0.717) is 42.8 Å². The van der Waals surface area contributed by atoms with Crippen molar-refractivity contribution in [3.05, 3.63) is 42.5 Å². The number of hydrogen-bond donors (Lipinski definition) is 3. The molecule has 0 atom stereocenters. The molecule has 7 nitrogen and oxygen atoms in total. The number of para-hydroxylation sites is 1. The zero-order chi connectivity index (χ0) is 23.7. The maximum Gasteiger partial charge on any atom is 0.288 e. The Kier molecular flexibility index (Phi) is 9.73. The summed E-state index contributed by atoms with van der Waals surface area (Å²) in [6, 6.07) is 11.0. The van der Waals surface area contributed by atoms with E-state index in [1.165, 1.54) is 22.5 Å². The molecule has 0 bridgehead atoms. The molecule has 176 valence electrons. The van der Waals surface area contributed by atoms with Gasteiger partial charge in [-0.1, -0.05) is 37.7 Å². The number of rotatable bonds is 12. The Labute approximate surface area is 192 Å². The van der Waals surface area contributed by atoms with Crippen LogP contribution in [0.5, 0.6) is 0 Å². The Morgan fingerprint density at radius 3 is 2.31 bits per heavy atom. The van der Waals surface area contributed by atoms with Crippen molar-refractivity contribution in [3.63, 3.8) is 0 Å². The number of halogens is 2. The predicted molar refractivity (Wildman–Crippen MR) is 126 cm³/mol. The van der Waals surface area contributed by atoms with E-state index in [1.807, 2.05) is 6.92 Å². The molecule has 0 aromatic heterocycles. The zero-order valence-corrected chi connectivity index (χ0v) is 19.8. The van der Waals surface area contributed by atoms with Gasteiger partial charge in [-0.05, 0) is 37.3 Å². The summed E-state index contributed by atoms with van der Waals surface area (Å²) in [7, 11) is -3.67. The van der Waals surface area contributed by atoms with E-state index in [2.05, 4.69) is 16.0 Å². The van der Waals surface area contributed by atoms with Crippen molar-refractivity contribution in [2.24, 2.45) is 0 Å². The van der Waals surface area contributed by atoms with E-state index in [1.54, 1.807) is 38.1 Å². The van der Waals surface area contributed by atoms with Crippen LogP contribution in [0.15, 0.2) is 52.3 Å². The summed E-state index contributed by atoms with van der Waals surface area (Å²) in [6.07, 6.45) is 0. The van der Waals surface area contributed by atoms with Gasteiger partial charge < -0.3 is 16.0 Å². The van der Waals surface area contributed by atoms with E-state index >= 15 is 0 Å². The number of anilines is 3. The van der Waals surface area contributed by atoms with Crippen LogP contribution in [0.25, 0.3) is 0 Å². The molecule has 2 aromatic carbocycles. The van der Waals surface area contributed by atoms with Crippen molar-refractivity contribution < 1.29 is 22.0 Å². The first kappa shape index (κ1) is 25.9. The molecule has 0 saturated carbocycles. The van der Waals surface area contributed by atoms with Gasteiger partial charge in [0.25, 0.3) is 5.76 Å². The first-order valence-corrected chi connectivity index (χ1v) is 12.5. The van der Waals surface area contributed by atoms with Crippen LogP contribution < -0.4 is 16.0 Å². The van der Waals surface area contributed by atoms with Gasteiger partial charge in [-0.15, -0.1) is 0 Å². The van der Waals surface area contributed by atoms with E-state index in [4.69, 9.17) is 0 Å². The van der Waals surface area contributed by atoms with Crippen LogP contribution in [0.1, 0.15) is 20.8 Å². The van der Waals surface area contributed by atoms with Crippen LogP contribution in [0, 0.1) is 0 Å². The lowest BCUT2D eigenvalue weighted by atomic mass is 10.2. The molecule has 11 heteroatoms. The van der Waals surface area contributed by atoms with E-state index in [9.17, 15) is 22.0 Å². The van der Waals surface area contributed by atoms with Crippen LogP contribution >= 0.6 is 11.8 Å². The Morgan fingerprint density at radius 1 is 1.00 bits per heavy atom. The number of sulfonamides is 1. The molecule has 0 radical (unpaired) electrons. The summed E-state index contributed by atoms with van der Waals surface area (Å²) < 4.78 is 52.6. The molecule has 0 aliphatic carbocycles. The highest BCUT2D eigenvalue weighted by Crippen LogP contribution is 2.32. The summed E-state index contributed by atoms with van der Waals surface area (Å²) in [4.78, 5) is 12.8.